The normalized spacial score (nSPS) is 11.7. The molecule has 7 aromatic rings. The summed E-state index contributed by atoms with van der Waals surface area (Å²) >= 11 is 3.54. The number of fused-ring (bicyclic) bond motifs is 8. The van der Waals surface area contributed by atoms with Crippen molar-refractivity contribution in [3.63, 3.8) is 0 Å². The first-order valence-electron chi connectivity index (χ1n) is 11.5. The monoisotopic (exact) mass is 497 g/mol. The summed E-state index contributed by atoms with van der Waals surface area (Å²) in [6, 6.07) is 43.8. The minimum absolute atomic E-state index is 1.09. The van der Waals surface area contributed by atoms with E-state index < -0.39 is 0 Å². The van der Waals surface area contributed by atoms with Crippen LogP contribution in [-0.4, -0.2) is 4.57 Å². The number of hydrogen-bond acceptors (Lipinski definition) is 0. The summed E-state index contributed by atoms with van der Waals surface area (Å²) in [6.45, 7) is 0. The minimum atomic E-state index is 1.09. The van der Waals surface area contributed by atoms with Crippen molar-refractivity contribution >= 4 is 59.3 Å². The fourth-order valence-electron chi connectivity index (χ4n) is 5.34. The fraction of sp³-hybridized carbons (Fsp3) is 0. The maximum Gasteiger partial charge on any atom is 0.0625 e. The van der Waals surface area contributed by atoms with Crippen LogP contribution < -0.4 is 0 Å². The highest BCUT2D eigenvalue weighted by Crippen LogP contribution is 2.42. The van der Waals surface area contributed by atoms with Gasteiger partial charge in [0.25, 0.3) is 0 Å². The summed E-state index contributed by atoms with van der Waals surface area (Å²) < 4.78 is 3.53. The summed E-state index contributed by atoms with van der Waals surface area (Å²) in [7, 11) is 0. The third kappa shape index (κ3) is 2.85. The largest absolute Gasteiger partial charge is 0.309 e. The SMILES string of the molecule is Brc1ccc(-c2ccc(-n3c4ccccc4c4c5ccccc5c5ccccc5c43)cc2)cc1. The quantitative estimate of drug-likeness (QED) is 0.209. The van der Waals surface area contributed by atoms with Crippen LogP contribution in [0.1, 0.15) is 0 Å². The Morgan fingerprint density at radius 3 is 1.62 bits per heavy atom. The van der Waals surface area contributed by atoms with Crippen LogP contribution in [-0.2, 0) is 0 Å². The zero-order valence-corrected chi connectivity index (χ0v) is 20.0. The molecule has 0 bridgehead atoms. The zero-order valence-electron chi connectivity index (χ0n) is 18.4. The standard InChI is InChI=1S/C32H20BrN/c33-23-17-13-21(14-18-23)22-15-19-24(20-16-22)34-30-12-6-5-11-29(30)31-27-9-3-1-7-25(27)26-8-2-4-10-28(26)32(31)34/h1-20H. The molecule has 0 aliphatic carbocycles. The van der Waals surface area contributed by atoms with Crippen LogP contribution in [0.4, 0.5) is 0 Å². The molecule has 0 fully saturated rings. The number of halogens is 1. The van der Waals surface area contributed by atoms with Gasteiger partial charge in [-0.1, -0.05) is 107 Å². The van der Waals surface area contributed by atoms with Gasteiger partial charge in [-0.05, 0) is 57.6 Å². The minimum Gasteiger partial charge on any atom is -0.309 e. The molecule has 0 saturated heterocycles. The first kappa shape index (κ1) is 19.6. The smallest absolute Gasteiger partial charge is 0.0625 e. The van der Waals surface area contributed by atoms with Gasteiger partial charge in [-0.15, -0.1) is 0 Å². The van der Waals surface area contributed by atoms with Crippen molar-refractivity contribution in [2.75, 3.05) is 0 Å². The van der Waals surface area contributed by atoms with E-state index in [0.29, 0.717) is 0 Å². The number of rotatable bonds is 2. The van der Waals surface area contributed by atoms with Crippen LogP contribution in [0.15, 0.2) is 126 Å². The molecular weight excluding hydrogens is 478 g/mol. The molecule has 160 valence electrons. The van der Waals surface area contributed by atoms with E-state index in [1.165, 1.54) is 60.2 Å². The van der Waals surface area contributed by atoms with E-state index in [4.69, 9.17) is 0 Å². The van der Waals surface area contributed by atoms with E-state index in [1.54, 1.807) is 0 Å². The summed E-state index contributed by atoms with van der Waals surface area (Å²) in [4.78, 5) is 0. The number of hydrogen-bond donors (Lipinski definition) is 0. The lowest BCUT2D eigenvalue weighted by atomic mass is 9.97. The molecule has 0 spiro atoms. The lowest BCUT2D eigenvalue weighted by molar-refractivity contribution is 1.19. The van der Waals surface area contributed by atoms with Crippen molar-refractivity contribution in [1.29, 1.82) is 0 Å². The van der Waals surface area contributed by atoms with Crippen LogP contribution in [0.5, 0.6) is 0 Å². The van der Waals surface area contributed by atoms with E-state index in [2.05, 4.69) is 142 Å². The Balaban J connectivity index is 1.59. The molecule has 0 atom stereocenters. The predicted molar refractivity (Wildman–Crippen MR) is 149 cm³/mol. The Hall–Kier alpha value is -3.88. The van der Waals surface area contributed by atoms with E-state index in [0.717, 1.165) is 4.47 Å². The summed E-state index contributed by atoms with van der Waals surface area (Å²) in [5, 5.41) is 7.79. The second-order valence-electron chi connectivity index (χ2n) is 8.72. The van der Waals surface area contributed by atoms with E-state index >= 15 is 0 Å². The van der Waals surface area contributed by atoms with Gasteiger partial charge in [0, 0.05) is 26.3 Å². The average molecular weight is 498 g/mol. The fourth-order valence-corrected chi connectivity index (χ4v) is 5.61. The summed E-state index contributed by atoms with van der Waals surface area (Å²) in [6.07, 6.45) is 0. The average Bonchev–Trinajstić information content (AvgIpc) is 3.25. The molecule has 2 heteroatoms. The Kier molecular flexibility index (Phi) is 4.36. The van der Waals surface area contributed by atoms with Gasteiger partial charge in [-0.25, -0.2) is 0 Å². The van der Waals surface area contributed by atoms with Crippen molar-refractivity contribution in [1.82, 2.24) is 4.57 Å². The van der Waals surface area contributed by atoms with Crippen molar-refractivity contribution < 1.29 is 0 Å². The molecule has 0 aliphatic rings. The third-order valence-electron chi connectivity index (χ3n) is 6.85. The molecule has 0 aliphatic heterocycles. The predicted octanol–water partition coefficient (Wildman–Crippen LogP) is 9.52. The lowest BCUT2D eigenvalue weighted by Crippen LogP contribution is -1.95. The highest BCUT2D eigenvalue weighted by Gasteiger charge is 2.18. The van der Waals surface area contributed by atoms with Gasteiger partial charge in [0.05, 0.1) is 11.0 Å². The number of aromatic nitrogens is 1. The lowest BCUT2D eigenvalue weighted by Gasteiger charge is -2.13. The van der Waals surface area contributed by atoms with Crippen molar-refractivity contribution in [3.8, 4) is 16.8 Å². The molecule has 7 rings (SSSR count). The van der Waals surface area contributed by atoms with Crippen LogP contribution in [0.3, 0.4) is 0 Å². The molecule has 1 heterocycles. The Morgan fingerprint density at radius 1 is 0.441 bits per heavy atom. The third-order valence-corrected chi connectivity index (χ3v) is 7.38. The van der Waals surface area contributed by atoms with Crippen LogP contribution >= 0.6 is 15.9 Å². The first-order chi connectivity index (χ1) is 16.8. The molecule has 0 amide bonds. The summed E-state index contributed by atoms with van der Waals surface area (Å²) in [5.41, 5.74) is 6.11. The topological polar surface area (TPSA) is 4.93 Å². The molecule has 6 aromatic carbocycles. The highest BCUT2D eigenvalue weighted by atomic mass is 79.9. The van der Waals surface area contributed by atoms with Gasteiger partial charge in [0.2, 0.25) is 0 Å². The van der Waals surface area contributed by atoms with E-state index in [-0.39, 0.29) is 0 Å². The Labute approximate surface area is 206 Å². The highest BCUT2D eigenvalue weighted by molar-refractivity contribution is 9.10. The zero-order chi connectivity index (χ0) is 22.6. The maximum absolute atomic E-state index is 3.54. The van der Waals surface area contributed by atoms with E-state index in [9.17, 15) is 0 Å². The molecule has 34 heavy (non-hydrogen) atoms. The Bertz CT molecular complexity index is 1840. The molecule has 0 saturated carbocycles. The van der Waals surface area contributed by atoms with Gasteiger partial charge in [0.15, 0.2) is 0 Å². The molecule has 0 unspecified atom stereocenters. The molecule has 1 aromatic heterocycles. The van der Waals surface area contributed by atoms with Gasteiger partial charge >= 0.3 is 0 Å². The number of para-hydroxylation sites is 1. The molecule has 0 radical (unpaired) electrons. The second kappa shape index (κ2) is 7.58. The van der Waals surface area contributed by atoms with Crippen LogP contribution in [0, 0.1) is 0 Å². The van der Waals surface area contributed by atoms with E-state index in [1.807, 2.05) is 0 Å². The van der Waals surface area contributed by atoms with Gasteiger partial charge in [-0.2, -0.15) is 0 Å². The maximum atomic E-state index is 3.54. The van der Waals surface area contributed by atoms with Crippen molar-refractivity contribution in [2.45, 2.75) is 0 Å². The van der Waals surface area contributed by atoms with Gasteiger partial charge in [0.1, 0.15) is 0 Å². The second-order valence-corrected chi connectivity index (χ2v) is 9.64. The van der Waals surface area contributed by atoms with Gasteiger partial charge in [-0.3, -0.25) is 0 Å². The molecule has 1 nitrogen and oxygen atoms in total. The Morgan fingerprint density at radius 2 is 0.941 bits per heavy atom. The first-order valence-corrected chi connectivity index (χ1v) is 12.3. The van der Waals surface area contributed by atoms with Crippen molar-refractivity contribution in [2.24, 2.45) is 0 Å². The number of benzene rings is 6. The molecular formula is C32H20BrN. The van der Waals surface area contributed by atoms with Crippen LogP contribution in [0.2, 0.25) is 0 Å². The van der Waals surface area contributed by atoms with Crippen LogP contribution in [0.25, 0.3) is 60.2 Å². The number of nitrogens with zero attached hydrogens (tertiary/aromatic N) is 1. The molecule has 0 N–H and O–H groups in total. The van der Waals surface area contributed by atoms with Gasteiger partial charge < -0.3 is 4.57 Å². The van der Waals surface area contributed by atoms with Crippen molar-refractivity contribution in [3.05, 3.63) is 126 Å². The summed E-state index contributed by atoms with van der Waals surface area (Å²) in [5.74, 6) is 0.